The molecule has 0 atom stereocenters. The number of nitrogens with zero attached hydrogens (tertiary/aromatic N) is 1. The molecule has 1 heteroatoms. The number of rotatable bonds is 3. The van der Waals surface area contributed by atoms with Gasteiger partial charge >= 0.3 is 0 Å². The highest BCUT2D eigenvalue weighted by atomic mass is 14.9. The molecule has 0 spiro atoms. The van der Waals surface area contributed by atoms with Crippen LogP contribution in [-0.2, 0) is 7.05 Å². The van der Waals surface area contributed by atoms with Gasteiger partial charge in [0.1, 0.15) is 0 Å². The molecule has 1 nitrogen and oxygen atoms in total. The third kappa shape index (κ3) is 2.09. The summed E-state index contributed by atoms with van der Waals surface area (Å²) >= 11 is 0. The maximum atomic E-state index is 2.25. The van der Waals surface area contributed by atoms with Crippen LogP contribution in [0.4, 0.5) is 0 Å². The van der Waals surface area contributed by atoms with Crippen LogP contribution in [0.3, 0.4) is 0 Å². The molecule has 0 aromatic carbocycles. The van der Waals surface area contributed by atoms with E-state index >= 15 is 0 Å². The molecule has 0 saturated heterocycles. The zero-order valence-electron chi connectivity index (χ0n) is 9.96. The monoisotopic (exact) mass is 191 g/mol. The van der Waals surface area contributed by atoms with Gasteiger partial charge in [0.2, 0.25) is 0 Å². The quantitative estimate of drug-likeness (QED) is 0.683. The fraction of sp³-hybridized carbons (Fsp3) is 0.538. The molecule has 0 unspecified atom stereocenters. The van der Waals surface area contributed by atoms with E-state index in [1.807, 2.05) is 0 Å². The summed E-state index contributed by atoms with van der Waals surface area (Å²) in [5.41, 5.74) is 4.22. The molecule has 0 amide bonds. The average molecular weight is 191 g/mol. The Hall–Kier alpha value is -0.980. The Balaban J connectivity index is 3.16. The highest BCUT2D eigenvalue weighted by Crippen LogP contribution is 2.25. The van der Waals surface area contributed by atoms with Gasteiger partial charge in [-0.05, 0) is 30.4 Å². The molecule has 0 radical (unpaired) electrons. The molecule has 78 valence electrons. The first-order valence-electron chi connectivity index (χ1n) is 5.40. The van der Waals surface area contributed by atoms with Crippen molar-refractivity contribution in [3.63, 3.8) is 0 Å². The Morgan fingerprint density at radius 3 is 2.57 bits per heavy atom. The summed E-state index contributed by atoms with van der Waals surface area (Å²) in [6, 6.07) is 0. The van der Waals surface area contributed by atoms with E-state index in [1.54, 1.807) is 0 Å². The molecule has 14 heavy (non-hydrogen) atoms. The predicted octanol–water partition coefficient (Wildman–Crippen LogP) is 3.88. The second-order valence-corrected chi connectivity index (χ2v) is 4.16. The summed E-state index contributed by atoms with van der Waals surface area (Å²) in [5, 5.41) is 0. The van der Waals surface area contributed by atoms with E-state index in [2.05, 4.69) is 57.7 Å². The summed E-state index contributed by atoms with van der Waals surface area (Å²) in [6.45, 7) is 8.85. The van der Waals surface area contributed by atoms with Crippen molar-refractivity contribution in [2.45, 2.75) is 40.0 Å². The van der Waals surface area contributed by atoms with Crippen molar-refractivity contribution < 1.29 is 0 Å². The van der Waals surface area contributed by atoms with Gasteiger partial charge in [-0.25, -0.2) is 0 Å². The summed E-state index contributed by atoms with van der Waals surface area (Å²) in [4.78, 5) is 0. The van der Waals surface area contributed by atoms with E-state index in [4.69, 9.17) is 0 Å². The first-order chi connectivity index (χ1) is 6.57. The Bertz CT molecular complexity index is 329. The van der Waals surface area contributed by atoms with Crippen LogP contribution in [0.1, 0.15) is 49.9 Å². The van der Waals surface area contributed by atoms with Gasteiger partial charge < -0.3 is 4.57 Å². The number of hydrogen-bond donors (Lipinski definition) is 0. The molecule has 0 aliphatic carbocycles. The molecule has 0 N–H and O–H groups in total. The van der Waals surface area contributed by atoms with Crippen molar-refractivity contribution in [3.05, 3.63) is 29.1 Å². The van der Waals surface area contributed by atoms with Gasteiger partial charge in [-0.3, -0.25) is 0 Å². The van der Waals surface area contributed by atoms with E-state index in [-0.39, 0.29) is 0 Å². The molecular formula is C13H21N. The van der Waals surface area contributed by atoms with Crippen molar-refractivity contribution in [2.24, 2.45) is 7.05 Å². The van der Waals surface area contributed by atoms with Gasteiger partial charge in [-0.1, -0.05) is 32.9 Å². The van der Waals surface area contributed by atoms with Gasteiger partial charge in [0, 0.05) is 18.9 Å². The highest BCUT2D eigenvalue weighted by Gasteiger charge is 2.10. The van der Waals surface area contributed by atoms with Gasteiger partial charge in [0.25, 0.3) is 0 Å². The Morgan fingerprint density at radius 2 is 2.07 bits per heavy atom. The average Bonchev–Trinajstić information content (AvgIpc) is 2.41. The molecule has 0 saturated carbocycles. The van der Waals surface area contributed by atoms with Crippen LogP contribution in [0.15, 0.2) is 12.3 Å². The van der Waals surface area contributed by atoms with E-state index in [9.17, 15) is 0 Å². The zero-order valence-corrected chi connectivity index (χ0v) is 9.96. The van der Waals surface area contributed by atoms with Crippen molar-refractivity contribution in [1.82, 2.24) is 4.57 Å². The number of allylic oxidation sites excluding steroid dienone is 1. The lowest BCUT2D eigenvalue weighted by molar-refractivity contribution is 0.841. The smallest absolute Gasteiger partial charge is 0.0216 e. The van der Waals surface area contributed by atoms with Crippen LogP contribution in [0.25, 0.3) is 6.08 Å². The van der Waals surface area contributed by atoms with Crippen LogP contribution in [-0.4, -0.2) is 4.57 Å². The predicted molar refractivity (Wildman–Crippen MR) is 63.6 cm³/mol. The van der Waals surface area contributed by atoms with Crippen LogP contribution in [0.5, 0.6) is 0 Å². The van der Waals surface area contributed by atoms with E-state index in [1.165, 1.54) is 16.8 Å². The van der Waals surface area contributed by atoms with Gasteiger partial charge in [-0.2, -0.15) is 0 Å². The SMILES string of the molecule is CC/C=C\c1c(C(C)C)cn(C)c1C. The molecule has 0 bridgehead atoms. The fourth-order valence-corrected chi connectivity index (χ4v) is 1.69. The van der Waals surface area contributed by atoms with Crippen molar-refractivity contribution in [3.8, 4) is 0 Å². The maximum absolute atomic E-state index is 2.25. The van der Waals surface area contributed by atoms with Crippen LogP contribution >= 0.6 is 0 Å². The lowest BCUT2D eigenvalue weighted by atomic mass is 10.0. The molecule has 1 heterocycles. The van der Waals surface area contributed by atoms with Crippen LogP contribution in [0.2, 0.25) is 0 Å². The third-order valence-electron chi connectivity index (χ3n) is 2.70. The fourth-order valence-electron chi connectivity index (χ4n) is 1.69. The topological polar surface area (TPSA) is 4.93 Å². The summed E-state index contributed by atoms with van der Waals surface area (Å²) < 4.78 is 2.21. The minimum absolute atomic E-state index is 0.603. The van der Waals surface area contributed by atoms with E-state index in [0.717, 1.165) is 6.42 Å². The Morgan fingerprint density at radius 1 is 1.43 bits per heavy atom. The molecule has 1 rings (SSSR count). The van der Waals surface area contributed by atoms with Crippen molar-refractivity contribution in [2.75, 3.05) is 0 Å². The standard InChI is InChI=1S/C13H21N/c1-6-7-8-12-11(4)14(5)9-13(12)10(2)3/h7-10H,6H2,1-5H3/b8-7-. The van der Waals surface area contributed by atoms with Crippen LogP contribution in [0, 0.1) is 6.92 Å². The molecule has 1 aromatic heterocycles. The molecule has 1 aromatic rings. The summed E-state index contributed by atoms with van der Waals surface area (Å²) in [5.74, 6) is 0.603. The highest BCUT2D eigenvalue weighted by molar-refractivity contribution is 5.57. The first kappa shape index (κ1) is 11.1. The largest absolute Gasteiger partial charge is 0.354 e. The molecule has 0 aliphatic heterocycles. The maximum Gasteiger partial charge on any atom is 0.0216 e. The summed E-state index contributed by atoms with van der Waals surface area (Å²) in [7, 11) is 2.12. The van der Waals surface area contributed by atoms with Gasteiger partial charge in [0.05, 0.1) is 0 Å². The number of hydrogen-bond acceptors (Lipinski definition) is 0. The number of aromatic nitrogens is 1. The lowest BCUT2D eigenvalue weighted by Crippen LogP contribution is -1.88. The number of aryl methyl sites for hydroxylation is 1. The summed E-state index contributed by atoms with van der Waals surface area (Å²) in [6.07, 6.45) is 7.83. The molecule has 0 fully saturated rings. The van der Waals surface area contributed by atoms with Crippen molar-refractivity contribution in [1.29, 1.82) is 0 Å². The van der Waals surface area contributed by atoms with Gasteiger partial charge in [-0.15, -0.1) is 0 Å². The van der Waals surface area contributed by atoms with Crippen molar-refractivity contribution >= 4 is 6.08 Å². The lowest BCUT2D eigenvalue weighted by Gasteiger charge is -2.03. The Kier molecular flexibility index (Phi) is 3.56. The minimum atomic E-state index is 0.603. The van der Waals surface area contributed by atoms with Gasteiger partial charge in [0.15, 0.2) is 0 Å². The van der Waals surface area contributed by atoms with Crippen LogP contribution < -0.4 is 0 Å². The second-order valence-electron chi connectivity index (χ2n) is 4.16. The second kappa shape index (κ2) is 4.50. The first-order valence-corrected chi connectivity index (χ1v) is 5.40. The zero-order chi connectivity index (χ0) is 10.7. The minimum Gasteiger partial charge on any atom is -0.354 e. The third-order valence-corrected chi connectivity index (χ3v) is 2.70. The normalized spacial score (nSPS) is 11.9. The van der Waals surface area contributed by atoms with E-state index in [0.29, 0.717) is 5.92 Å². The molecule has 0 aliphatic rings. The van der Waals surface area contributed by atoms with E-state index < -0.39 is 0 Å². The molecular weight excluding hydrogens is 170 g/mol. The Labute approximate surface area is 87.4 Å².